The van der Waals surface area contributed by atoms with Crippen LogP contribution in [0.1, 0.15) is 20.7 Å². The van der Waals surface area contributed by atoms with E-state index in [9.17, 15) is 14.7 Å². The number of carboxylic acid groups (broad SMARTS) is 1. The number of carbonyl (C=O) groups is 2. The van der Waals surface area contributed by atoms with E-state index in [1.54, 1.807) is 36.4 Å². The van der Waals surface area contributed by atoms with Gasteiger partial charge in [0, 0.05) is 9.13 Å². The van der Waals surface area contributed by atoms with Gasteiger partial charge in [-0.05, 0) is 77.3 Å². The summed E-state index contributed by atoms with van der Waals surface area (Å²) in [5.74, 6) is -0.852. The van der Waals surface area contributed by atoms with E-state index in [0.717, 1.165) is 3.57 Å². The molecule has 0 radical (unpaired) electrons. The highest BCUT2D eigenvalue weighted by molar-refractivity contribution is 14.1. The Kier molecular flexibility index (Phi) is 6.10. The number of thiocarbonyl (C=S) groups is 1. The lowest BCUT2D eigenvalue weighted by Gasteiger charge is -2.12. The van der Waals surface area contributed by atoms with Gasteiger partial charge in [0.25, 0.3) is 5.91 Å². The normalized spacial score (nSPS) is 9.92. The summed E-state index contributed by atoms with van der Waals surface area (Å²) in [6.07, 6.45) is 0. The maximum Gasteiger partial charge on any atom is 0.337 e. The number of hydrogen-bond donors (Lipinski definition) is 3. The number of benzene rings is 2. The molecule has 0 aromatic heterocycles. The number of aromatic carboxylic acids is 1. The number of amides is 1. The average Bonchev–Trinajstić information content (AvgIpc) is 2.56. The summed E-state index contributed by atoms with van der Waals surface area (Å²) >= 11 is 7.10. The molecule has 0 heterocycles. The molecule has 2 aromatic carbocycles. The summed E-state index contributed by atoms with van der Waals surface area (Å²) in [7, 11) is 1.54. The minimum Gasteiger partial charge on any atom is -0.497 e. The molecule has 124 valence electrons. The van der Waals surface area contributed by atoms with E-state index in [2.05, 4.69) is 10.6 Å². The van der Waals surface area contributed by atoms with Gasteiger partial charge >= 0.3 is 5.97 Å². The van der Waals surface area contributed by atoms with Crippen LogP contribution in [0.3, 0.4) is 0 Å². The number of carboxylic acids is 1. The zero-order valence-electron chi connectivity index (χ0n) is 12.5. The Morgan fingerprint density at radius 3 is 2.42 bits per heavy atom. The molecule has 0 atom stereocenters. The van der Waals surface area contributed by atoms with Crippen molar-refractivity contribution in [1.29, 1.82) is 0 Å². The molecule has 2 rings (SSSR count). The van der Waals surface area contributed by atoms with Gasteiger partial charge in [-0.1, -0.05) is 0 Å². The highest BCUT2D eigenvalue weighted by atomic mass is 127. The topological polar surface area (TPSA) is 87.7 Å². The Morgan fingerprint density at radius 2 is 1.83 bits per heavy atom. The van der Waals surface area contributed by atoms with Crippen molar-refractivity contribution in [2.45, 2.75) is 0 Å². The fourth-order valence-corrected chi connectivity index (χ4v) is 2.57. The first kappa shape index (κ1) is 18.1. The first-order valence-electron chi connectivity index (χ1n) is 6.70. The molecule has 2 aromatic rings. The zero-order valence-corrected chi connectivity index (χ0v) is 15.5. The van der Waals surface area contributed by atoms with Crippen molar-refractivity contribution in [2.75, 3.05) is 12.4 Å². The van der Waals surface area contributed by atoms with Gasteiger partial charge in [0.2, 0.25) is 0 Å². The van der Waals surface area contributed by atoms with Crippen LogP contribution in [-0.2, 0) is 0 Å². The van der Waals surface area contributed by atoms with E-state index in [-0.39, 0.29) is 10.7 Å². The van der Waals surface area contributed by atoms with Crippen LogP contribution in [0.15, 0.2) is 42.5 Å². The molecule has 0 saturated heterocycles. The largest absolute Gasteiger partial charge is 0.497 e. The Morgan fingerprint density at radius 1 is 1.17 bits per heavy atom. The molecule has 8 heteroatoms. The molecule has 0 spiro atoms. The lowest BCUT2D eigenvalue weighted by atomic mass is 10.2. The fourth-order valence-electron chi connectivity index (χ4n) is 1.87. The van der Waals surface area contributed by atoms with Gasteiger partial charge in [-0.15, -0.1) is 0 Å². The molecule has 0 aliphatic carbocycles. The van der Waals surface area contributed by atoms with Crippen molar-refractivity contribution in [3.63, 3.8) is 0 Å². The second-order valence-electron chi connectivity index (χ2n) is 4.63. The molecule has 3 N–H and O–H groups in total. The fraction of sp³-hybridized carbons (Fsp3) is 0.0625. The van der Waals surface area contributed by atoms with Gasteiger partial charge < -0.3 is 15.2 Å². The first-order chi connectivity index (χ1) is 11.4. The summed E-state index contributed by atoms with van der Waals surface area (Å²) < 4.78 is 5.81. The maximum atomic E-state index is 12.1. The second kappa shape index (κ2) is 8.06. The van der Waals surface area contributed by atoms with Gasteiger partial charge in [-0.25, -0.2) is 4.79 Å². The molecule has 0 unspecified atom stereocenters. The van der Waals surface area contributed by atoms with Crippen LogP contribution in [0.2, 0.25) is 0 Å². The van der Waals surface area contributed by atoms with Crippen molar-refractivity contribution in [2.24, 2.45) is 0 Å². The van der Waals surface area contributed by atoms with E-state index in [0.29, 0.717) is 17.0 Å². The summed E-state index contributed by atoms with van der Waals surface area (Å²) in [4.78, 5) is 23.4. The lowest BCUT2D eigenvalue weighted by Crippen LogP contribution is -2.34. The number of halogens is 1. The monoisotopic (exact) mass is 456 g/mol. The van der Waals surface area contributed by atoms with Crippen LogP contribution in [0.25, 0.3) is 0 Å². The number of hydrogen-bond acceptors (Lipinski definition) is 4. The van der Waals surface area contributed by atoms with Crippen LogP contribution in [0.5, 0.6) is 5.75 Å². The van der Waals surface area contributed by atoms with E-state index >= 15 is 0 Å². The number of ether oxygens (including phenoxy) is 1. The predicted octanol–water partition coefficient (Wildman–Crippen LogP) is 3.12. The van der Waals surface area contributed by atoms with Crippen LogP contribution in [0.4, 0.5) is 5.69 Å². The van der Waals surface area contributed by atoms with Crippen molar-refractivity contribution < 1.29 is 19.4 Å². The van der Waals surface area contributed by atoms with Gasteiger partial charge in [-0.2, -0.15) is 0 Å². The smallest absolute Gasteiger partial charge is 0.337 e. The third-order valence-corrected chi connectivity index (χ3v) is 3.91. The molecule has 0 aliphatic heterocycles. The molecule has 1 amide bonds. The Hall–Kier alpha value is -2.20. The molecule has 0 aliphatic rings. The molecule has 6 nitrogen and oxygen atoms in total. The van der Waals surface area contributed by atoms with Crippen LogP contribution < -0.4 is 15.4 Å². The van der Waals surface area contributed by atoms with E-state index in [4.69, 9.17) is 17.0 Å². The molecule has 0 saturated carbocycles. The summed E-state index contributed by atoms with van der Waals surface area (Å²) in [5.41, 5.74) is 0.784. The van der Waals surface area contributed by atoms with E-state index in [1.807, 2.05) is 22.6 Å². The Balaban J connectivity index is 2.07. The van der Waals surface area contributed by atoms with Gasteiger partial charge in [0.15, 0.2) is 5.11 Å². The number of rotatable bonds is 4. The van der Waals surface area contributed by atoms with Crippen LogP contribution >= 0.6 is 34.8 Å². The molecular formula is C16H13IN2O4S. The SMILES string of the molecule is COc1ccc(C(=O)NC(=S)Nc2ccc(I)cc2C(=O)O)cc1. The Labute approximate surface area is 157 Å². The molecule has 24 heavy (non-hydrogen) atoms. The number of anilines is 1. The minimum atomic E-state index is -1.08. The van der Waals surface area contributed by atoms with Crippen LogP contribution in [0, 0.1) is 3.57 Å². The quantitative estimate of drug-likeness (QED) is 0.484. The number of nitrogens with one attached hydrogen (secondary N) is 2. The molecule has 0 bridgehead atoms. The maximum absolute atomic E-state index is 12.1. The van der Waals surface area contributed by atoms with Crippen molar-refractivity contribution >= 4 is 57.5 Å². The highest BCUT2D eigenvalue weighted by Gasteiger charge is 2.13. The zero-order chi connectivity index (χ0) is 17.7. The van der Waals surface area contributed by atoms with Crippen molar-refractivity contribution in [1.82, 2.24) is 5.32 Å². The standard InChI is InChI=1S/C16H13IN2O4S/c1-23-11-5-2-9(3-6-11)14(20)19-16(24)18-13-7-4-10(17)8-12(13)15(21)22/h2-8H,1H3,(H,21,22)(H2,18,19,20,24). The van der Waals surface area contributed by atoms with Gasteiger partial charge in [-0.3, -0.25) is 10.1 Å². The lowest BCUT2D eigenvalue weighted by molar-refractivity contribution is 0.0697. The minimum absolute atomic E-state index is 0.0135. The van der Waals surface area contributed by atoms with E-state index < -0.39 is 11.9 Å². The third-order valence-electron chi connectivity index (χ3n) is 3.04. The summed E-state index contributed by atoms with van der Waals surface area (Å²) in [6.45, 7) is 0. The summed E-state index contributed by atoms with van der Waals surface area (Å²) in [5, 5.41) is 14.5. The van der Waals surface area contributed by atoms with Gasteiger partial charge in [0.05, 0.1) is 18.4 Å². The number of methoxy groups -OCH3 is 1. The third kappa shape index (κ3) is 4.65. The van der Waals surface area contributed by atoms with Crippen LogP contribution in [-0.4, -0.2) is 29.2 Å². The highest BCUT2D eigenvalue weighted by Crippen LogP contribution is 2.19. The van der Waals surface area contributed by atoms with Gasteiger partial charge in [0.1, 0.15) is 5.75 Å². The Bertz CT molecular complexity index is 793. The second-order valence-corrected chi connectivity index (χ2v) is 6.29. The summed E-state index contributed by atoms with van der Waals surface area (Å²) in [6, 6.07) is 11.4. The molecule has 0 fully saturated rings. The first-order valence-corrected chi connectivity index (χ1v) is 8.18. The predicted molar refractivity (Wildman–Crippen MR) is 103 cm³/mol. The molecular weight excluding hydrogens is 443 g/mol. The average molecular weight is 456 g/mol. The van der Waals surface area contributed by atoms with Crippen molar-refractivity contribution in [3.05, 3.63) is 57.2 Å². The van der Waals surface area contributed by atoms with E-state index in [1.165, 1.54) is 13.2 Å². The van der Waals surface area contributed by atoms with Crippen molar-refractivity contribution in [3.8, 4) is 5.75 Å². The number of carbonyl (C=O) groups excluding carboxylic acids is 1.